The van der Waals surface area contributed by atoms with Crippen molar-refractivity contribution in [2.24, 2.45) is 5.10 Å². The first kappa shape index (κ1) is 18.8. The summed E-state index contributed by atoms with van der Waals surface area (Å²) in [7, 11) is 3.25. The molecule has 0 bridgehead atoms. The lowest BCUT2D eigenvalue weighted by Crippen LogP contribution is -2.29. The summed E-state index contributed by atoms with van der Waals surface area (Å²) in [5.74, 6) is 1.81. The number of hydrazone groups is 1. The van der Waals surface area contributed by atoms with Crippen LogP contribution >= 0.6 is 0 Å². The van der Waals surface area contributed by atoms with Gasteiger partial charge in [-0.15, -0.1) is 5.10 Å². The first-order valence-electron chi connectivity index (χ1n) is 9.29. The molecule has 0 aliphatic carbocycles. The fourth-order valence-corrected chi connectivity index (χ4v) is 3.44. The normalized spacial score (nSPS) is 16.1. The van der Waals surface area contributed by atoms with E-state index in [4.69, 9.17) is 24.7 Å². The summed E-state index contributed by atoms with van der Waals surface area (Å²) in [6.45, 7) is 3.82. The van der Waals surface area contributed by atoms with Crippen LogP contribution in [0.25, 0.3) is 0 Å². The van der Waals surface area contributed by atoms with Crippen LogP contribution in [0.2, 0.25) is 0 Å². The Kier molecular flexibility index (Phi) is 4.84. The third-order valence-corrected chi connectivity index (χ3v) is 4.90. The Morgan fingerprint density at radius 3 is 2.38 bits per heavy atom. The molecule has 1 atom stereocenters. The highest BCUT2D eigenvalue weighted by Gasteiger charge is 2.28. The Hall–Kier alpha value is -3.55. The summed E-state index contributed by atoms with van der Waals surface area (Å²) in [6.07, 6.45) is 0.707. The SMILES string of the molecule is COc1cc2c(cc1OC)C(c1ccc(N)cc1)=NN(c1nnc(C)o1)C(C)C2. The van der Waals surface area contributed by atoms with E-state index in [2.05, 4.69) is 17.1 Å². The predicted octanol–water partition coefficient (Wildman–Crippen LogP) is 3.18. The summed E-state index contributed by atoms with van der Waals surface area (Å²) >= 11 is 0. The van der Waals surface area contributed by atoms with E-state index in [1.165, 1.54) is 0 Å². The zero-order chi connectivity index (χ0) is 20.5. The molecule has 1 aliphatic heterocycles. The predicted molar refractivity (Wildman–Crippen MR) is 111 cm³/mol. The monoisotopic (exact) mass is 393 g/mol. The van der Waals surface area contributed by atoms with E-state index in [0.717, 1.165) is 22.4 Å². The molecule has 1 aromatic heterocycles. The number of anilines is 2. The number of ether oxygens (including phenoxy) is 2. The molecule has 1 unspecified atom stereocenters. The molecular weight excluding hydrogens is 370 g/mol. The van der Waals surface area contributed by atoms with E-state index in [1.807, 2.05) is 36.4 Å². The van der Waals surface area contributed by atoms with Crippen LogP contribution in [0.4, 0.5) is 11.7 Å². The number of fused-ring (bicyclic) bond motifs is 1. The van der Waals surface area contributed by atoms with Crippen molar-refractivity contribution in [2.45, 2.75) is 26.3 Å². The molecule has 150 valence electrons. The van der Waals surface area contributed by atoms with Crippen LogP contribution in [0.5, 0.6) is 11.5 Å². The number of benzene rings is 2. The summed E-state index contributed by atoms with van der Waals surface area (Å²) in [6, 6.07) is 11.9. The fraction of sp³-hybridized carbons (Fsp3) is 0.286. The van der Waals surface area contributed by atoms with Crippen molar-refractivity contribution in [3.05, 3.63) is 59.0 Å². The molecule has 0 fully saturated rings. The van der Waals surface area contributed by atoms with Crippen LogP contribution in [-0.4, -0.2) is 36.2 Å². The molecule has 29 heavy (non-hydrogen) atoms. The van der Waals surface area contributed by atoms with Gasteiger partial charge in [0, 0.05) is 23.7 Å². The van der Waals surface area contributed by atoms with Crippen LogP contribution in [0, 0.1) is 6.92 Å². The topological polar surface area (TPSA) is 99.0 Å². The molecule has 4 rings (SSSR count). The minimum atomic E-state index is -0.0158. The second-order valence-electron chi connectivity index (χ2n) is 6.94. The van der Waals surface area contributed by atoms with Gasteiger partial charge in [0.2, 0.25) is 5.89 Å². The second-order valence-corrected chi connectivity index (χ2v) is 6.94. The van der Waals surface area contributed by atoms with Gasteiger partial charge in [-0.05, 0) is 43.2 Å². The molecule has 0 amide bonds. The lowest BCUT2D eigenvalue weighted by Gasteiger charge is -2.20. The minimum absolute atomic E-state index is 0.0158. The molecule has 8 heteroatoms. The van der Waals surface area contributed by atoms with Crippen molar-refractivity contribution in [3.8, 4) is 11.5 Å². The first-order chi connectivity index (χ1) is 14.0. The number of nitrogens with zero attached hydrogens (tertiary/aromatic N) is 4. The molecule has 0 saturated carbocycles. The third kappa shape index (κ3) is 3.49. The van der Waals surface area contributed by atoms with Crippen LogP contribution in [0.15, 0.2) is 45.9 Å². The summed E-state index contributed by atoms with van der Waals surface area (Å²) in [4.78, 5) is 0. The van der Waals surface area contributed by atoms with E-state index in [1.54, 1.807) is 26.2 Å². The Morgan fingerprint density at radius 2 is 1.76 bits per heavy atom. The average molecular weight is 393 g/mol. The van der Waals surface area contributed by atoms with Crippen molar-refractivity contribution in [3.63, 3.8) is 0 Å². The maximum Gasteiger partial charge on any atom is 0.339 e. The number of aryl methyl sites for hydroxylation is 1. The van der Waals surface area contributed by atoms with Crippen molar-refractivity contribution in [1.29, 1.82) is 0 Å². The molecular formula is C21H23N5O3. The van der Waals surface area contributed by atoms with E-state index in [9.17, 15) is 0 Å². The zero-order valence-electron chi connectivity index (χ0n) is 16.8. The Morgan fingerprint density at radius 1 is 1.07 bits per heavy atom. The van der Waals surface area contributed by atoms with E-state index in [-0.39, 0.29) is 6.04 Å². The van der Waals surface area contributed by atoms with Gasteiger partial charge in [0.25, 0.3) is 0 Å². The van der Waals surface area contributed by atoms with Gasteiger partial charge in [0.15, 0.2) is 11.5 Å². The van der Waals surface area contributed by atoms with Crippen LogP contribution < -0.4 is 20.2 Å². The number of nitrogens with two attached hydrogens (primary N) is 1. The summed E-state index contributed by atoms with van der Waals surface area (Å²) in [5, 5.41) is 14.8. The van der Waals surface area contributed by atoms with Crippen molar-refractivity contribution < 1.29 is 13.9 Å². The number of rotatable bonds is 4. The van der Waals surface area contributed by atoms with Gasteiger partial charge in [-0.25, -0.2) is 5.01 Å². The number of methoxy groups -OCH3 is 2. The van der Waals surface area contributed by atoms with Gasteiger partial charge >= 0.3 is 6.01 Å². The molecule has 2 aromatic carbocycles. The second kappa shape index (κ2) is 7.46. The Balaban J connectivity index is 1.93. The lowest BCUT2D eigenvalue weighted by molar-refractivity contribution is 0.354. The third-order valence-electron chi connectivity index (χ3n) is 4.90. The molecule has 0 saturated heterocycles. The van der Waals surface area contributed by atoms with Gasteiger partial charge in [-0.1, -0.05) is 17.2 Å². The average Bonchev–Trinajstić information content (AvgIpc) is 3.09. The summed E-state index contributed by atoms with van der Waals surface area (Å²) in [5.41, 5.74) is 10.3. The molecule has 1 aliphatic rings. The molecule has 0 spiro atoms. The lowest BCUT2D eigenvalue weighted by atomic mass is 9.94. The minimum Gasteiger partial charge on any atom is -0.493 e. The fourth-order valence-electron chi connectivity index (χ4n) is 3.44. The molecule has 0 radical (unpaired) electrons. The highest BCUT2D eigenvalue weighted by Crippen LogP contribution is 2.35. The maximum atomic E-state index is 5.89. The standard InChI is InChI=1S/C21H23N5O3/c1-12-9-15-10-18(27-3)19(28-4)11-17(15)20(14-5-7-16(22)8-6-14)25-26(12)21-24-23-13(2)29-21/h5-8,10-12H,9,22H2,1-4H3. The Labute approximate surface area is 168 Å². The van der Waals surface area contributed by atoms with Gasteiger partial charge in [0.05, 0.1) is 26.0 Å². The quantitative estimate of drug-likeness (QED) is 0.680. The zero-order valence-corrected chi connectivity index (χ0v) is 16.8. The van der Waals surface area contributed by atoms with E-state index < -0.39 is 0 Å². The summed E-state index contributed by atoms with van der Waals surface area (Å²) < 4.78 is 16.7. The number of aromatic nitrogens is 2. The van der Waals surface area contributed by atoms with E-state index >= 15 is 0 Å². The van der Waals surface area contributed by atoms with Crippen molar-refractivity contribution in [2.75, 3.05) is 25.0 Å². The van der Waals surface area contributed by atoms with Crippen LogP contribution in [0.1, 0.15) is 29.5 Å². The molecule has 3 aromatic rings. The van der Waals surface area contributed by atoms with Crippen LogP contribution in [0.3, 0.4) is 0 Å². The van der Waals surface area contributed by atoms with Gasteiger partial charge in [-0.2, -0.15) is 5.10 Å². The van der Waals surface area contributed by atoms with Gasteiger partial charge in [0.1, 0.15) is 0 Å². The molecule has 2 N–H and O–H groups in total. The maximum absolute atomic E-state index is 5.89. The number of nitrogen functional groups attached to an aromatic ring is 1. The van der Waals surface area contributed by atoms with E-state index in [0.29, 0.717) is 35.5 Å². The molecule has 2 heterocycles. The highest BCUT2D eigenvalue weighted by molar-refractivity contribution is 6.14. The first-order valence-corrected chi connectivity index (χ1v) is 9.29. The largest absolute Gasteiger partial charge is 0.493 e. The molecule has 8 nitrogen and oxygen atoms in total. The van der Waals surface area contributed by atoms with Crippen molar-refractivity contribution >= 4 is 17.4 Å². The van der Waals surface area contributed by atoms with Gasteiger partial charge in [-0.3, -0.25) is 0 Å². The number of hydrogen-bond acceptors (Lipinski definition) is 8. The van der Waals surface area contributed by atoms with Crippen LogP contribution in [-0.2, 0) is 6.42 Å². The van der Waals surface area contributed by atoms with Gasteiger partial charge < -0.3 is 19.6 Å². The highest BCUT2D eigenvalue weighted by atomic mass is 16.5. The number of hydrogen-bond donors (Lipinski definition) is 1. The van der Waals surface area contributed by atoms with Crippen molar-refractivity contribution in [1.82, 2.24) is 10.2 Å². The Bertz CT molecular complexity index is 1060. The smallest absolute Gasteiger partial charge is 0.339 e.